The van der Waals surface area contributed by atoms with Gasteiger partial charge in [-0.05, 0) is 35.4 Å². The van der Waals surface area contributed by atoms with Crippen molar-refractivity contribution in [2.75, 3.05) is 5.32 Å². The molecule has 3 aromatic rings. The van der Waals surface area contributed by atoms with E-state index < -0.39 is 11.8 Å². The largest absolute Gasteiger partial charge is 0.343 e. The van der Waals surface area contributed by atoms with Crippen LogP contribution in [0.15, 0.2) is 66.1 Å². The third-order valence-corrected chi connectivity index (χ3v) is 3.54. The molecule has 0 saturated carbocycles. The van der Waals surface area contributed by atoms with Gasteiger partial charge < -0.3 is 5.32 Å². The van der Waals surface area contributed by atoms with Gasteiger partial charge in [0.2, 0.25) is 0 Å². The molecule has 25 heavy (non-hydrogen) atoms. The monoisotopic (exact) mass is 338 g/mol. The van der Waals surface area contributed by atoms with Gasteiger partial charge in [-0.2, -0.15) is 15.6 Å². The summed E-state index contributed by atoms with van der Waals surface area (Å²) in [5.41, 5.74) is 10.2. The van der Waals surface area contributed by atoms with Crippen LogP contribution in [0.1, 0.15) is 5.56 Å². The Kier molecular flexibility index (Phi) is 4.79. The smallest absolute Gasteiger partial charge is 0.306 e. The van der Waals surface area contributed by atoms with E-state index in [4.69, 9.17) is 5.53 Å². The minimum Gasteiger partial charge on any atom is -0.306 e. The molecule has 8 heteroatoms. The topological polar surface area (TPSA) is 97.2 Å². The molecule has 3 rings (SSSR count). The third-order valence-electron chi connectivity index (χ3n) is 3.54. The number of H-pyrrole nitrogens is 1. The summed E-state index contributed by atoms with van der Waals surface area (Å²) < 4.78 is 13.2. The van der Waals surface area contributed by atoms with Crippen LogP contribution in [-0.4, -0.2) is 21.2 Å². The first-order chi connectivity index (χ1) is 12.2. The van der Waals surface area contributed by atoms with Crippen molar-refractivity contribution in [2.24, 2.45) is 5.22 Å². The molecular weight excluding hydrogens is 323 g/mol. The number of nitrogens with zero attached hydrogens (tertiary/aromatic N) is 3. The fourth-order valence-electron chi connectivity index (χ4n) is 2.30. The summed E-state index contributed by atoms with van der Waals surface area (Å²) in [4.78, 5) is 12.2. The molecule has 2 amide bonds. The van der Waals surface area contributed by atoms with Gasteiger partial charge in [-0.25, -0.2) is 9.18 Å². The first-order valence-corrected chi connectivity index (χ1v) is 7.45. The van der Waals surface area contributed by atoms with Gasteiger partial charge in [0.1, 0.15) is 5.82 Å². The Hall–Kier alpha value is -3.55. The minimum absolute atomic E-state index is 0.000195. The molecule has 1 aromatic heterocycles. The average Bonchev–Trinajstić information content (AvgIpc) is 3.15. The van der Waals surface area contributed by atoms with Crippen LogP contribution in [0.25, 0.3) is 11.1 Å². The molecule has 0 aliphatic rings. The second-order valence-electron chi connectivity index (χ2n) is 5.28. The van der Waals surface area contributed by atoms with E-state index in [1.54, 1.807) is 36.7 Å². The lowest BCUT2D eigenvalue weighted by atomic mass is 10.1. The number of anilines is 1. The van der Waals surface area contributed by atoms with Crippen molar-refractivity contribution in [1.29, 1.82) is 5.53 Å². The number of carbonyl (C=O) groups excluding carboxylic acids is 1. The Morgan fingerprint density at radius 3 is 2.68 bits per heavy atom. The van der Waals surface area contributed by atoms with Crippen LogP contribution in [0.4, 0.5) is 14.9 Å². The lowest BCUT2D eigenvalue weighted by molar-refractivity contribution is 0.205. The second kappa shape index (κ2) is 7.35. The van der Waals surface area contributed by atoms with Crippen molar-refractivity contribution in [3.05, 3.63) is 72.3 Å². The summed E-state index contributed by atoms with van der Waals surface area (Å²) in [6.45, 7) is 0.000195. The number of halogens is 1. The number of amides is 2. The van der Waals surface area contributed by atoms with E-state index in [1.807, 2.05) is 12.1 Å². The van der Waals surface area contributed by atoms with Gasteiger partial charge in [0.25, 0.3) is 0 Å². The first kappa shape index (κ1) is 16.3. The van der Waals surface area contributed by atoms with Gasteiger partial charge in [0, 0.05) is 17.4 Å². The number of hydrogen-bond donors (Lipinski definition) is 3. The van der Waals surface area contributed by atoms with Crippen LogP contribution in [-0.2, 0) is 6.54 Å². The molecule has 0 fully saturated rings. The van der Waals surface area contributed by atoms with E-state index in [1.165, 1.54) is 12.1 Å². The summed E-state index contributed by atoms with van der Waals surface area (Å²) in [5, 5.41) is 13.4. The van der Waals surface area contributed by atoms with Crippen LogP contribution in [0.2, 0.25) is 0 Å². The molecule has 0 radical (unpaired) electrons. The number of aromatic nitrogens is 2. The molecule has 0 atom stereocenters. The Morgan fingerprint density at radius 2 is 2.04 bits per heavy atom. The van der Waals surface area contributed by atoms with Crippen molar-refractivity contribution in [3.8, 4) is 11.1 Å². The van der Waals surface area contributed by atoms with E-state index >= 15 is 0 Å². The highest BCUT2D eigenvalue weighted by Crippen LogP contribution is 2.20. The lowest BCUT2D eigenvalue weighted by Gasteiger charge is -2.16. The van der Waals surface area contributed by atoms with E-state index in [-0.39, 0.29) is 6.54 Å². The van der Waals surface area contributed by atoms with Crippen molar-refractivity contribution >= 4 is 11.7 Å². The standard InChI is InChI=1S/C17H15FN6O/c18-15-3-1-2-12(8-15)11-24(23-19)17(25)22-16-6-4-13(5-7-16)14-9-20-21-10-14/h1-10,19H,11H2,(H,20,21)(H,22,25). The van der Waals surface area contributed by atoms with E-state index in [0.29, 0.717) is 11.3 Å². The fraction of sp³-hybridized carbons (Fsp3) is 0.0588. The second-order valence-corrected chi connectivity index (χ2v) is 5.28. The predicted molar refractivity (Wildman–Crippen MR) is 90.1 cm³/mol. The normalized spacial score (nSPS) is 10.3. The van der Waals surface area contributed by atoms with Crippen molar-refractivity contribution in [1.82, 2.24) is 15.2 Å². The summed E-state index contributed by atoms with van der Waals surface area (Å²) in [6, 6.07) is 12.4. The van der Waals surface area contributed by atoms with Gasteiger partial charge in [0.15, 0.2) is 0 Å². The number of aromatic amines is 1. The summed E-state index contributed by atoms with van der Waals surface area (Å²) in [7, 11) is 0. The van der Waals surface area contributed by atoms with Gasteiger partial charge in [0.05, 0.1) is 12.7 Å². The molecule has 126 valence electrons. The summed E-state index contributed by atoms with van der Waals surface area (Å²) >= 11 is 0. The van der Waals surface area contributed by atoms with Crippen LogP contribution in [0.5, 0.6) is 0 Å². The quantitative estimate of drug-likeness (QED) is 0.480. The fourth-order valence-corrected chi connectivity index (χ4v) is 2.30. The van der Waals surface area contributed by atoms with E-state index in [9.17, 15) is 9.18 Å². The van der Waals surface area contributed by atoms with Crippen molar-refractivity contribution in [2.45, 2.75) is 6.54 Å². The van der Waals surface area contributed by atoms with Gasteiger partial charge in [-0.1, -0.05) is 29.5 Å². The van der Waals surface area contributed by atoms with Crippen molar-refractivity contribution in [3.63, 3.8) is 0 Å². The number of benzene rings is 2. The number of carbonyl (C=O) groups is 1. The van der Waals surface area contributed by atoms with E-state index in [2.05, 4.69) is 20.7 Å². The SMILES string of the molecule is N=NN(Cc1cccc(F)c1)C(=O)Nc1ccc(-c2cn[nH]c2)cc1. The van der Waals surface area contributed by atoms with Crippen LogP contribution in [0, 0.1) is 11.3 Å². The molecule has 0 spiro atoms. The molecule has 0 aliphatic carbocycles. The summed E-state index contributed by atoms with van der Waals surface area (Å²) in [5.74, 6) is -0.405. The average molecular weight is 338 g/mol. The number of nitrogens with one attached hydrogen (secondary N) is 3. The van der Waals surface area contributed by atoms with Crippen LogP contribution >= 0.6 is 0 Å². The molecular formula is C17H15FN6O. The predicted octanol–water partition coefficient (Wildman–Crippen LogP) is 4.20. The molecule has 0 bridgehead atoms. The molecule has 0 saturated heterocycles. The number of urea groups is 1. The Morgan fingerprint density at radius 1 is 1.24 bits per heavy atom. The Labute approximate surface area is 143 Å². The summed E-state index contributed by atoms with van der Waals surface area (Å²) in [6.07, 6.45) is 3.47. The van der Waals surface area contributed by atoms with Crippen LogP contribution in [0.3, 0.4) is 0 Å². The zero-order chi connectivity index (χ0) is 17.6. The van der Waals surface area contributed by atoms with Crippen molar-refractivity contribution < 1.29 is 9.18 Å². The van der Waals surface area contributed by atoms with Gasteiger partial charge >= 0.3 is 6.03 Å². The minimum atomic E-state index is -0.574. The maximum atomic E-state index is 13.2. The lowest BCUT2D eigenvalue weighted by Crippen LogP contribution is -2.29. The molecule has 3 N–H and O–H groups in total. The zero-order valence-electron chi connectivity index (χ0n) is 13.1. The maximum absolute atomic E-state index is 13.2. The van der Waals surface area contributed by atoms with E-state index in [0.717, 1.165) is 16.1 Å². The zero-order valence-corrected chi connectivity index (χ0v) is 13.1. The number of rotatable bonds is 5. The molecule has 1 heterocycles. The molecule has 2 aromatic carbocycles. The Bertz CT molecular complexity index is 863. The highest BCUT2D eigenvalue weighted by molar-refractivity contribution is 5.89. The van der Waals surface area contributed by atoms with Crippen LogP contribution < -0.4 is 5.32 Å². The maximum Gasteiger partial charge on any atom is 0.343 e. The Balaban J connectivity index is 1.66. The number of hydrogen-bond acceptors (Lipinski definition) is 4. The first-order valence-electron chi connectivity index (χ1n) is 7.45. The van der Waals surface area contributed by atoms with Gasteiger partial charge in [-0.3, -0.25) is 5.10 Å². The molecule has 0 aliphatic heterocycles. The third kappa shape index (κ3) is 4.05. The highest BCUT2D eigenvalue weighted by atomic mass is 19.1. The highest BCUT2D eigenvalue weighted by Gasteiger charge is 2.14. The molecule has 7 nitrogen and oxygen atoms in total. The van der Waals surface area contributed by atoms with Gasteiger partial charge in [-0.15, -0.1) is 0 Å². The molecule has 0 unspecified atom stereocenters.